The van der Waals surface area contributed by atoms with Gasteiger partial charge in [-0.3, -0.25) is 4.90 Å². The van der Waals surface area contributed by atoms with E-state index in [0.29, 0.717) is 6.04 Å². The summed E-state index contributed by atoms with van der Waals surface area (Å²) in [4.78, 5) is 2.38. The molecule has 0 saturated carbocycles. The summed E-state index contributed by atoms with van der Waals surface area (Å²) in [6.45, 7) is 7.31. The molecule has 2 N–H and O–H groups in total. The zero-order valence-electron chi connectivity index (χ0n) is 13.1. The molecule has 1 saturated heterocycles. The summed E-state index contributed by atoms with van der Waals surface area (Å²) < 4.78 is 13.1. The molecule has 0 bridgehead atoms. The summed E-state index contributed by atoms with van der Waals surface area (Å²) >= 11 is 0. The second-order valence-electron chi connectivity index (χ2n) is 6.02. The first kappa shape index (κ1) is 16.2. The van der Waals surface area contributed by atoms with E-state index in [9.17, 15) is 9.50 Å². The third-order valence-corrected chi connectivity index (χ3v) is 4.37. The van der Waals surface area contributed by atoms with Crippen molar-refractivity contribution in [3.8, 4) is 5.75 Å². The molecule has 1 aliphatic heterocycles. The molecule has 0 spiro atoms. The van der Waals surface area contributed by atoms with Gasteiger partial charge in [0, 0.05) is 30.3 Å². The van der Waals surface area contributed by atoms with Crippen LogP contribution in [0.4, 0.5) is 4.39 Å². The van der Waals surface area contributed by atoms with E-state index in [1.807, 2.05) is 0 Å². The van der Waals surface area contributed by atoms with Crippen molar-refractivity contribution in [2.75, 3.05) is 19.6 Å². The average molecular weight is 294 g/mol. The second kappa shape index (κ2) is 7.76. The molecule has 2 unspecified atom stereocenters. The molecule has 21 heavy (non-hydrogen) atoms. The van der Waals surface area contributed by atoms with E-state index in [0.717, 1.165) is 31.6 Å². The van der Waals surface area contributed by atoms with Crippen molar-refractivity contribution in [2.24, 2.45) is 0 Å². The maximum absolute atomic E-state index is 13.1. The SMILES string of the molecule is CCCN(CC1CCCCN1)C(C)c1ccc(F)cc1O. The first-order valence-corrected chi connectivity index (χ1v) is 8.07. The minimum absolute atomic E-state index is 0.0557. The van der Waals surface area contributed by atoms with Crippen molar-refractivity contribution in [1.82, 2.24) is 10.2 Å². The molecule has 2 rings (SSSR count). The average Bonchev–Trinajstić information content (AvgIpc) is 2.47. The number of benzene rings is 1. The predicted molar refractivity (Wildman–Crippen MR) is 84.0 cm³/mol. The first-order chi connectivity index (χ1) is 10.1. The summed E-state index contributed by atoms with van der Waals surface area (Å²) in [6, 6.07) is 4.94. The maximum atomic E-state index is 13.1. The Labute approximate surface area is 127 Å². The van der Waals surface area contributed by atoms with Crippen molar-refractivity contribution in [1.29, 1.82) is 0 Å². The van der Waals surface area contributed by atoms with Crippen molar-refractivity contribution in [3.63, 3.8) is 0 Å². The monoisotopic (exact) mass is 294 g/mol. The molecule has 1 fully saturated rings. The Morgan fingerprint density at radius 1 is 1.43 bits per heavy atom. The summed E-state index contributed by atoms with van der Waals surface area (Å²) in [6.07, 6.45) is 4.83. The highest BCUT2D eigenvalue weighted by Crippen LogP contribution is 2.29. The molecular formula is C17H27FN2O. The first-order valence-electron chi connectivity index (χ1n) is 8.07. The van der Waals surface area contributed by atoms with Gasteiger partial charge in [-0.15, -0.1) is 0 Å². The van der Waals surface area contributed by atoms with Gasteiger partial charge in [-0.25, -0.2) is 4.39 Å². The van der Waals surface area contributed by atoms with Crippen molar-refractivity contribution in [2.45, 2.75) is 51.6 Å². The Balaban J connectivity index is 2.08. The van der Waals surface area contributed by atoms with Crippen LogP contribution >= 0.6 is 0 Å². The van der Waals surface area contributed by atoms with Crippen LogP contribution in [0.25, 0.3) is 0 Å². The van der Waals surface area contributed by atoms with Crippen molar-refractivity contribution in [3.05, 3.63) is 29.6 Å². The number of halogens is 1. The molecule has 0 aromatic heterocycles. The standard InChI is InChI=1S/C17H27FN2O/c1-3-10-20(12-15-6-4-5-9-19-15)13(2)16-8-7-14(18)11-17(16)21/h7-8,11,13,15,19,21H,3-6,9-10,12H2,1-2H3. The van der Waals surface area contributed by atoms with E-state index in [1.54, 1.807) is 6.07 Å². The molecule has 1 aromatic rings. The fourth-order valence-electron chi connectivity index (χ4n) is 3.16. The van der Waals surface area contributed by atoms with Crippen LogP contribution in [-0.4, -0.2) is 35.7 Å². The molecule has 1 aliphatic rings. The fraction of sp³-hybridized carbons (Fsp3) is 0.647. The number of piperidine rings is 1. The maximum Gasteiger partial charge on any atom is 0.126 e. The largest absolute Gasteiger partial charge is 0.508 e. The van der Waals surface area contributed by atoms with Gasteiger partial charge in [-0.05, 0) is 45.3 Å². The van der Waals surface area contributed by atoms with Gasteiger partial charge in [-0.1, -0.05) is 19.4 Å². The molecule has 1 heterocycles. The zero-order valence-corrected chi connectivity index (χ0v) is 13.1. The molecule has 0 radical (unpaired) electrons. The van der Waals surface area contributed by atoms with Crippen LogP contribution in [0.15, 0.2) is 18.2 Å². The van der Waals surface area contributed by atoms with Gasteiger partial charge < -0.3 is 10.4 Å². The Kier molecular flexibility index (Phi) is 6.00. The number of rotatable bonds is 6. The molecule has 1 aromatic carbocycles. The summed E-state index contributed by atoms with van der Waals surface area (Å²) in [5.41, 5.74) is 0.806. The molecule has 3 nitrogen and oxygen atoms in total. The minimum Gasteiger partial charge on any atom is -0.508 e. The number of nitrogens with one attached hydrogen (secondary N) is 1. The van der Waals surface area contributed by atoms with E-state index in [4.69, 9.17) is 0 Å². The summed E-state index contributed by atoms with van der Waals surface area (Å²) in [5, 5.41) is 13.6. The van der Waals surface area contributed by atoms with E-state index in [1.165, 1.54) is 31.4 Å². The highest BCUT2D eigenvalue weighted by Gasteiger charge is 2.22. The fourth-order valence-corrected chi connectivity index (χ4v) is 3.16. The minimum atomic E-state index is -0.389. The summed E-state index contributed by atoms with van der Waals surface area (Å²) in [5.74, 6) is -0.334. The normalized spacial score (nSPS) is 20.7. The third-order valence-electron chi connectivity index (χ3n) is 4.37. The second-order valence-corrected chi connectivity index (χ2v) is 6.02. The number of aromatic hydroxyl groups is 1. The van der Waals surface area contributed by atoms with Crippen LogP contribution in [0.5, 0.6) is 5.75 Å². The Hall–Kier alpha value is -1.13. The number of hydrogen-bond acceptors (Lipinski definition) is 3. The van der Waals surface area contributed by atoms with Gasteiger partial charge in [-0.2, -0.15) is 0 Å². The van der Waals surface area contributed by atoms with Crippen LogP contribution in [0.1, 0.15) is 51.1 Å². The highest BCUT2D eigenvalue weighted by molar-refractivity contribution is 5.35. The molecule has 118 valence electrons. The van der Waals surface area contributed by atoms with Crippen molar-refractivity contribution < 1.29 is 9.50 Å². The number of hydrogen-bond donors (Lipinski definition) is 2. The Morgan fingerprint density at radius 3 is 2.86 bits per heavy atom. The highest BCUT2D eigenvalue weighted by atomic mass is 19.1. The van der Waals surface area contributed by atoms with Crippen LogP contribution in [0.2, 0.25) is 0 Å². The lowest BCUT2D eigenvalue weighted by Gasteiger charge is -2.34. The lowest BCUT2D eigenvalue weighted by molar-refractivity contribution is 0.173. The van der Waals surface area contributed by atoms with Crippen molar-refractivity contribution >= 4 is 0 Å². The molecule has 4 heteroatoms. The van der Waals surface area contributed by atoms with Gasteiger partial charge in [0.1, 0.15) is 11.6 Å². The Morgan fingerprint density at radius 2 is 2.24 bits per heavy atom. The quantitative estimate of drug-likeness (QED) is 0.843. The topological polar surface area (TPSA) is 35.5 Å². The molecule has 0 amide bonds. The van der Waals surface area contributed by atoms with E-state index in [-0.39, 0.29) is 17.6 Å². The van der Waals surface area contributed by atoms with E-state index >= 15 is 0 Å². The number of phenolic OH excluding ortho intramolecular Hbond substituents is 1. The zero-order chi connectivity index (χ0) is 15.2. The summed E-state index contributed by atoms with van der Waals surface area (Å²) in [7, 11) is 0. The lowest BCUT2D eigenvalue weighted by Crippen LogP contribution is -2.44. The van der Waals surface area contributed by atoms with Gasteiger partial charge >= 0.3 is 0 Å². The van der Waals surface area contributed by atoms with Crippen LogP contribution in [-0.2, 0) is 0 Å². The van der Waals surface area contributed by atoms with E-state index < -0.39 is 0 Å². The van der Waals surface area contributed by atoms with E-state index in [2.05, 4.69) is 24.1 Å². The van der Waals surface area contributed by atoms with Gasteiger partial charge in [0.2, 0.25) is 0 Å². The van der Waals surface area contributed by atoms with Gasteiger partial charge in [0.25, 0.3) is 0 Å². The molecular weight excluding hydrogens is 267 g/mol. The predicted octanol–water partition coefficient (Wildman–Crippen LogP) is 3.45. The van der Waals surface area contributed by atoms with Crippen LogP contribution < -0.4 is 5.32 Å². The smallest absolute Gasteiger partial charge is 0.126 e. The lowest BCUT2D eigenvalue weighted by atomic mass is 10.0. The third kappa shape index (κ3) is 4.42. The van der Waals surface area contributed by atoms with Crippen LogP contribution in [0, 0.1) is 5.82 Å². The molecule has 2 atom stereocenters. The van der Waals surface area contributed by atoms with Gasteiger partial charge in [0.05, 0.1) is 0 Å². The van der Waals surface area contributed by atoms with Gasteiger partial charge in [0.15, 0.2) is 0 Å². The van der Waals surface area contributed by atoms with Crippen LogP contribution in [0.3, 0.4) is 0 Å². The number of nitrogens with zero attached hydrogens (tertiary/aromatic N) is 1. The molecule has 0 aliphatic carbocycles. The number of phenols is 1. The Bertz CT molecular complexity index is 446.